The molecule has 1 saturated heterocycles. The highest BCUT2D eigenvalue weighted by Gasteiger charge is 2.25. The number of hydrogen-bond donors (Lipinski definition) is 1. The monoisotopic (exact) mass is 338 g/mol. The Bertz CT molecular complexity index is 531. The maximum atomic E-state index is 12.6. The van der Waals surface area contributed by atoms with E-state index in [1.165, 1.54) is 6.92 Å². The minimum atomic E-state index is -0.0389. The lowest BCUT2D eigenvalue weighted by Gasteiger charge is -2.33. The Balaban J connectivity index is 2.12. The van der Waals surface area contributed by atoms with Crippen molar-refractivity contribution in [2.75, 3.05) is 13.1 Å². The van der Waals surface area contributed by atoms with Crippen LogP contribution in [0, 0.1) is 6.92 Å². The van der Waals surface area contributed by atoms with E-state index in [1.54, 1.807) is 0 Å². The summed E-state index contributed by atoms with van der Waals surface area (Å²) in [5.74, 6) is 0.00165. The number of piperidine rings is 1. The number of hydrogen-bond acceptors (Lipinski definition) is 2. The molecule has 2 amide bonds. The van der Waals surface area contributed by atoms with E-state index in [4.69, 9.17) is 0 Å². The van der Waals surface area contributed by atoms with Crippen LogP contribution in [-0.2, 0) is 4.79 Å². The highest BCUT2D eigenvalue weighted by molar-refractivity contribution is 9.10. The molecule has 1 aromatic carbocycles. The fraction of sp³-hybridized carbons (Fsp3) is 0.467. The average molecular weight is 339 g/mol. The molecule has 5 heteroatoms. The lowest BCUT2D eigenvalue weighted by molar-refractivity contribution is -0.120. The number of benzene rings is 1. The third-order valence-corrected chi connectivity index (χ3v) is 4.47. The van der Waals surface area contributed by atoms with Crippen molar-refractivity contribution in [2.24, 2.45) is 0 Å². The van der Waals surface area contributed by atoms with Crippen LogP contribution < -0.4 is 5.32 Å². The van der Waals surface area contributed by atoms with Crippen LogP contribution in [0.3, 0.4) is 0 Å². The molecule has 0 aliphatic carbocycles. The number of carbonyl (C=O) groups excluding carboxylic acids is 2. The van der Waals surface area contributed by atoms with Gasteiger partial charge >= 0.3 is 0 Å². The Hall–Kier alpha value is -1.36. The molecule has 1 N–H and O–H groups in total. The fourth-order valence-corrected chi connectivity index (χ4v) is 2.94. The summed E-state index contributed by atoms with van der Waals surface area (Å²) >= 11 is 3.46. The Morgan fingerprint density at radius 3 is 2.85 bits per heavy atom. The topological polar surface area (TPSA) is 49.4 Å². The molecule has 1 heterocycles. The van der Waals surface area contributed by atoms with Gasteiger partial charge in [-0.25, -0.2) is 0 Å². The molecule has 0 bridgehead atoms. The predicted molar refractivity (Wildman–Crippen MR) is 81.6 cm³/mol. The van der Waals surface area contributed by atoms with Crippen molar-refractivity contribution < 1.29 is 9.59 Å². The standard InChI is InChI=1S/C15H19BrN2O2/c1-10-13(6-3-7-14(10)16)15(20)18-8-4-5-12(9-18)17-11(2)19/h3,6-7,12H,4-5,8-9H2,1-2H3,(H,17,19). The first kappa shape index (κ1) is 15.0. The molecule has 1 aromatic rings. The normalized spacial score (nSPS) is 18.8. The molecule has 108 valence electrons. The molecule has 1 atom stereocenters. The molecular formula is C15H19BrN2O2. The molecule has 4 nitrogen and oxygen atoms in total. The molecule has 1 aliphatic heterocycles. The van der Waals surface area contributed by atoms with Gasteiger partial charge in [-0.15, -0.1) is 0 Å². The van der Waals surface area contributed by atoms with E-state index in [0.29, 0.717) is 6.54 Å². The van der Waals surface area contributed by atoms with E-state index < -0.39 is 0 Å². The second kappa shape index (κ2) is 6.39. The summed E-state index contributed by atoms with van der Waals surface area (Å²) in [6, 6.07) is 5.73. The van der Waals surface area contributed by atoms with Gasteiger partial charge in [-0.1, -0.05) is 22.0 Å². The van der Waals surface area contributed by atoms with Crippen molar-refractivity contribution in [3.05, 3.63) is 33.8 Å². The summed E-state index contributed by atoms with van der Waals surface area (Å²) in [7, 11) is 0. The fourth-order valence-electron chi connectivity index (χ4n) is 2.58. The summed E-state index contributed by atoms with van der Waals surface area (Å²) in [6.07, 6.45) is 1.85. The summed E-state index contributed by atoms with van der Waals surface area (Å²) in [6.45, 7) is 4.79. The van der Waals surface area contributed by atoms with Gasteiger partial charge in [0, 0.05) is 36.1 Å². The zero-order valence-electron chi connectivity index (χ0n) is 11.8. The van der Waals surface area contributed by atoms with E-state index in [2.05, 4.69) is 21.2 Å². The molecule has 1 fully saturated rings. The van der Waals surface area contributed by atoms with Crippen LogP contribution >= 0.6 is 15.9 Å². The van der Waals surface area contributed by atoms with E-state index >= 15 is 0 Å². The molecule has 0 aromatic heterocycles. The maximum Gasteiger partial charge on any atom is 0.254 e. The van der Waals surface area contributed by atoms with Crippen LogP contribution in [0.25, 0.3) is 0 Å². The molecule has 0 spiro atoms. The molecule has 2 rings (SSSR count). The van der Waals surface area contributed by atoms with Crippen LogP contribution in [-0.4, -0.2) is 35.8 Å². The minimum absolute atomic E-state index is 0.0389. The van der Waals surface area contributed by atoms with Crippen molar-refractivity contribution in [2.45, 2.75) is 32.7 Å². The van der Waals surface area contributed by atoms with Gasteiger partial charge in [0.25, 0.3) is 5.91 Å². The van der Waals surface area contributed by atoms with E-state index in [1.807, 2.05) is 30.0 Å². The van der Waals surface area contributed by atoms with E-state index in [-0.39, 0.29) is 17.9 Å². The minimum Gasteiger partial charge on any atom is -0.352 e. The zero-order chi connectivity index (χ0) is 14.7. The van der Waals surface area contributed by atoms with Gasteiger partial charge in [0.2, 0.25) is 5.91 Å². The first-order valence-electron chi connectivity index (χ1n) is 6.80. The SMILES string of the molecule is CC(=O)NC1CCCN(C(=O)c2cccc(Br)c2C)C1. The summed E-state index contributed by atoms with van der Waals surface area (Å²) in [5, 5.41) is 2.90. The first-order valence-corrected chi connectivity index (χ1v) is 7.60. The van der Waals surface area contributed by atoms with Gasteiger partial charge in [0.1, 0.15) is 0 Å². The number of amides is 2. The number of carbonyl (C=O) groups is 2. The number of nitrogens with zero attached hydrogens (tertiary/aromatic N) is 1. The number of halogens is 1. The van der Waals surface area contributed by atoms with Gasteiger partial charge in [-0.05, 0) is 37.5 Å². The van der Waals surface area contributed by atoms with Crippen molar-refractivity contribution >= 4 is 27.7 Å². The Labute approximate surface area is 127 Å². The van der Waals surface area contributed by atoms with Crippen LogP contribution in [0.4, 0.5) is 0 Å². The highest BCUT2D eigenvalue weighted by Crippen LogP contribution is 2.22. The average Bonchev–Trinajstić information content (AvgIpc) is 2.41. The Morgan fingerprint density at radius 2 is 2.15 bits per heavy atom. The van der Waals surface area contributed by atoms with Crippen molar-refractivity contribution in [3.63, 3.8) is 0 Å². The van der Waals surface area contributed by atoms with Gasteiger partial charge < -0.3 is 10.2 Å². The molecular weight excluding hydrogens is 320 g/mol. The van der Waals surface area contributed by atoms with Crippen LogP contribution in [0.5, 0.6) is 0 Å². The first-order chi connectivity index (χ1) is 9.49. The molecule has 0 saturated carbocycles. The largest absolute Gasteiger partial charge is 0.352 e. The van der Waals surface area contributed by atoms with Gasteiger partial charge in [0.15, 0.2) is 0 Å². The van der Waals surface area contributed by atoms with Crippen LogP contribution in [0.1, 0.15) is 35.7 Å². The van der Waals surface area contributed by atoms with Crippen LogP contribution in [0.15, 0.2) is 22.7 Å². The summed E-state index contributed by atoms with van der Waals surface area (Å²) < 4.78 is 0.943. The lowest BCUT2D eigenvalue weighted by atomic mass is 10.0. The van der Waals surface area contributed by atoms with Gasteiger partial charge in [0.05, 0.1) is 0 Å². The predicted octanol–water partition coefficient (Wildman–Crippen LogP) is 2.50. The van der Waals surface area contributed by atoms with E-state index in [0.717, 1.165) is 35.0 Å². The third-order valence-electron chi connectivity index (χ3n) is 3.61. The third kappa shape index (κ3) is 3.39. The van der Waals surface area contributed by atoms with Crippen molar-refractivity contribution in [1.82, 2.24) is 10.2 Å². The number of nitrogens with one attached hydrogen (secondary N) is 1. The smallest absolute Gasteiger partial charge is 0.254 e. The molecule has 1 aliphatic rings. The van der Waals surface area contributed by atoms with E-state index in [9.17, 15) is 9.59 Å². The van der Waals surface area contributed by atoms with Crippen LogP contribution in [0.2, 0.25) is 0 Å². The summed E-state index contributed by atoms with van der Waals surface area (Å²) in [5.41, 5.74) is 1.68. The molecule has 1 unspecified atom stereocenters. The zero-order valence-corrected chi connectivity index (χ0v) is 13.4. The highest BCUT2D eigenvalue weighted by atomic mass is 79.9. The number of likely N-dealkylation sites (tertiary alicyclic amines) is 1. The second-order valence-electron chi connectivity index (χ2n) is 5.20. The van der Waals surface area contributed by atoms with Gasteiger partial charge in [-0.2, -0.15) is 0 Å². The molecule has 20 heavy (non-hydrogen) atoms. The Morgan fingerprint density at radius 1 is 1.40 bits per heavy atom. The molecule has 0 radical (unpaired) electrons. The summed E-state index contributed by atoms with van der Waals surface area (Å²) in [4.78, 5) is 25.6. The second-order valence-corrected chi connectivity index (χ2v) is 6.06. The van der Waals surface area contributed by atoms with Crippen molar-refractivity contribution in [3.8, 4) is 0 Å². The van der Waals surface area contributed by atoms with Crippen molar-refractivity contribution in [1.29, 1.82) is 0 Å². The quantitative estimate of drug-likeness (QED) is 0.900. The number of rotatable bonds is 2. The van der Waals surface area contributed by atoms with Gasteiger partial charge in [-0.3, -0.25) is 9.59 Å². The maximum absolute atomic E-state index is 12.6. The lowest BCUT2D eigenvalue weighted by Crippen LogP contribution is -2.49. The Kier molecular flexibility index (Phi) is 4.81.